The van der Waals surface area contributed by atoms with E-state index in [-0.39, 0.29) is 16.8 Å². The van der Waals surface area contributed by atoms with Crippen molar-refractivity contribution in [3.05, 3.63) is 0 Å². The van der Waals surface area contributed by atoms with Gasteiger partial charge in [0.15, 0.2) is 0 Å². The molecule has 23 heavy (non-hydrogen) atoms. The molecule has 5 heteroatoms. The molecule has 4 nitrogen and oxygen atoms in total. The molecular formula is C18H36CoO4. The minimum absolute atomic E-state index is 0. The molecule has 0 aliphatic heterocycles. The van der Waals surface area contributed by atoms with E-state index in [0.29, 0.717) is 6.42 Å². The van der Waals surface area contributed by atoms with Crippen LogP contribution in [0.25, 0.3) is 0 Å². The van der Waals surface area contributed by atoms with E-state index in [1.54, 1.807) is 0 Å². The van der Waals surface area contributed by atoms with E-state index >= 15 is 0 Å². The summed E-state index contributed by atoms with van der Waals surface area (Å²) in [5.74, 6) is -1.49. The summed E-state index contributed by atoms with van der Waals surface area (Å²) in [6.07, 6.45) is 17.3. The zero-order chi connectivity index (χ0) is 17.1. The second-order valence-corrected chi connectivity index (χ2v) is 5.91. The smallest absolute Gasteiger partial charge is 0.303 e. The van der Waals surface area contributed by atoms with E-state index in [4.69, 9.17) is 15.0 Å². The molecular weight excluding hydrogens is 339 g/mol. The van der Waals surface area contributed by atoms with Gasteiger partial charge in [0.2, 0.25) is 0 Å². The Labute approximate surface area is 152 Å². The van der Waals surface area contributed by atoms with E-state index in [1.807, 2.05) is 0 Å². The van der Waals surface area contributed by atoms with Gasteiger partial charge < -0.3 is 10.2 Å². The Morgan fingerprint density at radius 2 is 0.913 bits per heavy atom. The quantitative estimate of drug-likeness (QED) is 0.385. The van der Waals surface area contributed by atoms with Crippen molar-refractivity contribution >= 4 is 11.9 Å². The summed E-state index contributed by atoms with van der Waals surface area (Å²) in [4.78, 5) is 19.3. The van der Waals surface area contributed by atoms with Gasteiger partial charge in [-0.1, -0.05) is 84.0 Å². The van der Waals surface area contributed by atoms with Crippen LogP contribution in [-0.4, -0.2) is 22.2 Å². The molecule has 0 bridgehead atoms. The number of carboxylic acid groups (broad SMARTS) is 2. The third kappa shape index (κ3) is 38.9. The molecule has 0 heterocycles. The van der Waals surface area contributed by atoms with Gasteiger partial charge in [0.1, 0.15) is 0 Å². The number of hydrogen-bond acceptors (Lipinski definition) is 2. The molecule has 0 atom stereocenters. The average Bonchev–Trinajstić information content (AvgIpc) is 2.43. The van der Waals surface area contributed by atoms with Gasteiger partial charge in [-0.3, -0.25) is 9.59 Å². The molecule has 0 unspecified atom stereocenters. The third-order valence-electron chi connectivity index (χ3n) is 3.49. The molecule has 0 saturated heterocycles. The summed E-state index contributed by atoms with van der Waals surface area (Å²) in [6.45, 7) is 3.34. The van der Waals surface area contributed by atoms with Crippen LogP contribution in [0.4, 0.5) is 0 Å². The van der Waals surface area contributed by atoms with Crippen molar-refractivity contribution in [2.24, 2.45) is 0 Å². The second-order valence-electron chi connectivity index (χ2n) is 5.91. The van der Waals surface area contributed by atoms with Gasteiger partial charge in [-0.05, 0) is 6.42 Å². The number of hydrogen-bond donors (Lipinski definition) is 2. The first-order chi connectivity index (χ1) is 10.5. The zero-order valence-corrected chi connectivity index (χ0v) is 16.0. The average molecular weight is 375 g/mol. The Bertz CT molecular complexity index is 253. The SMILES string of the molecule is CC(=O)O.CCCCCCCCCCCCCCCC(=O)O.[Co]. The standard InChI is InChI=1S/C16H32O2.C2H4O2.Co/c1-2-3-4-5-6-7-8-9-10-11-12-13-14-15-16(17)18;1-2(3)4;/h2-15H2,1H3,(H,17,18);1H3,(H,3,4);. The van der Waals surface area contributed by atoms with Crippen molar-refractivity contribution in [2.75, 3.05) is 0 Å². The first kappa shape index (κ1) is 27.3. The number of rotatable bonds is 14. The normalized spacial score (nSPS) is 9.48. The van der Waals surface area contributed by atoms with E-state index in [0.717, 1.165) is 19.8 Å². The van der Waals surface area contributed by atoms with Gasteiger partial charge in [0.25, 0.3) is 5.97 Å². The summed E-state index contributed by atoms with van der Waals surface area (Å²) < 4.78 is 0. The summed E-state index contributed by atoms with van der Waals surface area (Å²) in [6, 6.07) is 0. The molecule has 1 radical (unpaired) electrons. The van der Waals surface area contributed by atoms with Gasteiger partial charge >= 0.3 is 5.97 Å². The fourth-order valence-electron chi connectivity index (χ4n) is 2.29. The Balaban J connectivity index is -0.000000712. The summed E-state index contributed by atoms with van der Waals surface area (Å²) >= 11 is 0. The van der Waals surface area contributed by atoms with E-state index < -0.39 is 11.9 Å². The number of carbonyl (C=O) groups is 2. The van der Waals surface area contributed by atoms with Crippen LogP contribution < -0.4 is 0 Å². The van der Waals surface area contributed by atoms with Crippen molar-refractivity contribution in [3.8, 4) is 0 Å². The monoisotopic (exact) mass is 375 g/mol. The molecule has 0 aromatic carbocycles. The van der Waals surface area contributed by atoms with Gasteiger partial charge in [-0.2, -0.15) is 0 Å². The maximum atomic E-state index is 10.3. The Morgan fingerprint density at radius 3 is 1.17 bits per heavy atom. The molecule has 2 N–H and O–H groups in total. The molecule has 0 spiro atoms. The first-order valence-electron chi connectivity index (χ1n) is 8.92. The molecule has 0 aliphatic carbocycles. The molecule has 141 valence electrons. The van der Waals surface area contributed by atoms with Crippen molar-refractivity contribution in [1.29, 1.82) is 0 Å². The predicted octanol–water partition coefficient (Wildman–Crippen LogP) is 5.64. The Kier molecular flexibility index (Phi) is 28.1. The third-order valence-corrected chi connectivity index (χ3v) is 3.49. The molecule has 0 aliphatic rings. The van der Waals surface area contributed by atoms with Crippen LogP contribution in [0.2, 0.25) is 0 Å². The van der Waals surface area contributed by atoms with Crippen molar-refractivity contribution in [2.45, 2.75) is 104 Å². The van der Waals surface area contributed by atoms with Crippen molar-refractivity contribution in [3.63, 3.8) is 0 Å². The summed E-state index contributed by atoms with van der Waals surface area (Å²) in [7, 11) is 0. The van der Waals surface area contributed by atoms with Crippen molar-refractivity contribution in [1.82, 2.24) is 0 Å². The van der Waals surface area contributed by atoms with E-state index in [9.17, 15) is 4.79 Å². The topological polar surface area (TPSA) is 74.6 Å². The number of carboxylic acids is 2. The van der Waals surface area contributed by atoms with Crippen LogP contribution in [0.1, 0.15) is 104 Å². The van der Waals surface area contributed by atoms with Crippen LogP contribution >= 0.6 is 0 Å². The van der Waals surface area contributed by atoms with Crippen LogP contribution in [-0.2, 0) is 26.4 Å². The maximum absolute atomic E-state index is 10.3. The molecule has 0 fully saturated rings. The summed E-state index contributed by atoms with van der Waals surface area (Å²) in [5, 5.41) is 15.9. The zero-order valence-electron chi connectivity index (χ0n) is 14.9. The van der Waals surface area contributed by atoms with Gasteiger partial charge in [0, 0.05) is 30.1 Å². The molecule has 0 aromatic rings. The van der Waals surface area contributed by atoms with Crippen molar-refractivity contribution < 1.29 is 36.6 Å². The molecule has 0 amide bonds. The van der Waals surface area contributed by atoms with E-state index in [1.165, 1.54) is 70.6 Å². The van der Waals surface area contributed by atoms with Gasteiger partial charge in [-0.15, -0.1) is 0 Å². The fourth-order valence-corrected chi connectivity index (χ4v) is 2.29. The second kappa shape index (κ2) is 23.7. The minimum Gasteiger partial charge on any atom is -0.481 e. The van der Waals surface area contributed by atoms with Crippen LogP contribution in [0.5, 0.6) is 0 Å². The first-order valence-corrected chi connectivity index (χ1v) is 8.92. The Hall–Kier alpha value is -0.554. The molecule has 0 saturated carbocycles. The van der Waals surface area contributed by atoms with E-state index in [2.05, 4.69) is 6.92 Å². The van der Waals surface area contributed by atoms with Gasteiger partial charge in [-0.25, -0.2) is 0 Å². The molecule has 0 aromatic heterocycles. The van der Waals surface area contributed by atoms with Crippen LogP contribution in [0, 0.1) is 0 Å². The fraction of sp³-hybridized carbons (Fsp3) is 0.889. The van der Waals surface area contributed by atoms with Gasteiger partial charge in [0.05, 0.1) is 0 Å². The van der Waals surface area contributed by atoms with Crippen LogP contribution in [0.15, 0.2) is 0 Å². The summed E-state index contributed by atoms with van der Waals surface area (Å²) in [5.41, 5.74) is 0. The number of unbranched alkanes of at least 4 members (excludes halogenated alkanes) is 12. The maximum Gasteiger partial charge on any atom is 0.303 e. The van der Waals surface area contributed by atoms with Crippen LogP contribution in [0.3, 0.4) is 0 Å². The number of aliphatic carboxylic acids is 2. The minimum atomic E-state index is -0.833. The Morgan fingerprint density at radius 1 is 0.652 bits per heavy atom. The molecule has 0 rings (SSSR count). The predicted molar refractivity (Wildman–Crippen MR) is 91.3 cm³/mol. The largest absolute Gasteiger partial charge is 0.481 e.